The Hall–Kier alpha value is -3.43. The highest BCUT2D eigenvalue weighted by atomic mass is 32.2. The Morgan fingerprint density at radius 1 is 1.03 bits per heavy atom. The first kappa shape index (κ1) is 21.4. The number of aromatic nitrogens is 2. The number of sulfonamides is 1. The highest BCUT2D eigenvalue weighted by Gasteiger charge is 2.29. The van der Waals surface area contributed by atoms with Gasteiger partial charge in [0.1, 0.15) is 5.69 Å². The van der Waals surface area contributed by atoms with Crippen LogP contribution in [-0.2, 0) is 16.4 Å². The van der Waals surface area contributed by atoms with Crippen LogP contribution in [0.3, 0.4) is 0 Å². The molecule has 168 valence electrons. The van der Waals surface area contributed by atoms with Crippen LogP contribution in [0, 0.1) is 0 Å². The van der Waals surface area contributed by atoms with Crippen LogP contribution in [0.25, 0.3) is 16.3 Å². The lowest BCUT2D eigenvalue weighted by Crippen LogP contribution is -2.37. The second-order valence-electron chi connectivity index (χ2n) is 7.67. The van der Waals surface area contributed by atoms with Gasteiger partial charge in [0.25, 0.3) is 5.91 Å². The van der Waals surface area contributed by atoms with Crippen LogP contribution in [0.4, 0.5) is 5.69 Å². The summed E-state index contributed by atoms with van der Waals surface area (Å²) < 4.78 is 28.9. The molecule has 7 nitrogen and oxygen atoms in total. The van der Waals surface area contributed by atoms with Crippen LogP contribution in [0.5, 0.6) is 0 Å². The van der Waals surface area contributed by atoms with Crippen molar-refractivity contribution in [1.82, 2.24) is 15.1 Å². The first-order valence-electron chi connectivity index (χ1n) is 10.6. The van der Waals surface area contributed by atoms with Crippen molar-refractivity contribution >= 4 is 33.0 Å². The zero-order valence-electron chi connectivity index (χ0n) is 17.7. The maximum atomic E-state index is 13.0. The summed E-state index contributed by atoms with van der Waals surface area (Å²) in [5, 5.41) is 9.33. The van der Waals surface area contributed by atoms with E-state index in [4.69, 9.17) is 0 Å². The summed E-state index contributed by atoms with van der Waals surface area (Å²) in [6, 6.07) is 20.9. The molecular weight excluding hydrogens is 456 g/mol. The molecule has 0 atom stereocenters. The monoisotopic (exact) mass is 478 g/mol. The van der Waals surface area contributed by atoms with Crippen LogP contribution in [0.2, 0.25) is 0 Å². The van der Waals surface area contributed by atoms with Gasteiger partial charge < -0.3 is 5.32 Å². The van der Waals surface area contributed by atoms with E-state index < -0.39 is 10.0 Å². The van der Waals surface area contributed by atoms with E-state index in [2.05, 4.69) is 10.4 Å². The molecule has 1 aliphatic heterocycles. The molecule has 0 saturated heterocycles. The summed E-state index contributed by atoms with van der Waals surface area (Å²) in [7, 11) is -3.54. The third-order valence-corrected chi connectivity index (χ3v) is 8.21. The predicted octanol–water partition coefficient (Wildman–Crippen LogP) is 3.72. The van der Waals surface area contributed by atoms with Crippen molar-refractivity contribution in [3.63, 3.8) is 0 Å². The van der Waals surface area contributed by atoms with Gasteiger partial charge in [0.2, 0.25) is 10.0 Å². The molecule has 0 fully saturated rings. The van der Waals surface area contributed by atoms with Gasteiger partial charge in [-0.2, -0.15) is 5.10 Å². The van der Waals surface area contributed by atoms with Gasteiger partial charge in [0, 0.05) is 19.3 Å². The van der Waals surface area contributed by atoms with E-state index in [1.165, 1.54) is 15.6 Å². The molecule has 9 heteroatoms. The second kappa shape index (κ2) is 8.84. The highest BCUT2D eigenvalue weighted by molar-refractivity contribution is 7.92. The molecule has 5 rings (SSSR count). The number of hydrogen-bond donors (Lipinski definition) is 1. The Labute approximate surface area is 196 Å². The highest BCUT2D eigenvalue weighted by Crippen LogP contribution is 2.30. The minimum absolute atomic E-state index is 0.0141. The molecule has 1 N–H and O–H groups in total. The lowest BCUT2D eigenvalue weighted by Gasteiger charge is -2.19. The topological polar surface area (TPSA) is 84.3 Å². The molecule has 0 saturated carbocycles. The largest absolute Gasteiger partial charge is 0.351 e. The fourth-order valence-electron chi connectivity index (χ4n) is 3.94. The van der Waals surface area contributed by atoms with Crippen molar-refractivity contribution in [2.24, 2.45) is 0 Å². The van der Waals surface area contributed by atoms with Gasteiger partial charge in [-0.1, -0.05) is 42.5 Å². The average Bonchev–Trinajstić information content (AvgIpc) is 3.58. The number of para-hydroxylation sites is 2. The van der Waals surface area contributed by atoms with Crippen LogP contribution in [0.1, 0.15) is 15.9 Å². The normalized spacial score (nSPS) is 13.2. The van der Waals surface area contributed by atoms with E-state index >= 15 is 0 Å². The van der Waals surface area contributed by atoms with E-state index in [0.717, 1.165) is 21.8 Å². The molecule has 1 amide bonds. The molecule has 0 spiro atoms. The van der Waals surface area contributed by atoms with E-state index in [9.17, 15) is 13.2 Å². The van der Waals surface area contributed by atoms with Crippen molar-refractivity contribution in [2.45, 2.75) is 6.42 Å². The molecule has 2 aromatic heterocycles. The number of thiophene rings is 1. The SMILES string of the molecule is O=C(NCCS(=O)(=O)N1CCc2ccccc21)c1cn(-c2ccccc2)nc1-c1cccs1. The Balaban J connectivity index is 1.32. The fraction of sp³-hybridized carbons (Fsp3) is 0.167. The van der Waals surface area contributed by atoms with Gasteiger partial charge in [0.15, 0.2) is 0 Å². The zero-order valence-corrected chi connectivity index (χ0v) is 19.3. The van der Waals surface area contributed by atoms with Gasteiger partial charge in [-0.05, 0) is 41.6 Å². The van der Waals surface area contributed by atoms with E-state index in [-0.39, 0.29) is 18.2 Å². The van der Waals surface area contributed by atoms with Crippen molar-refractivity contribution in [3.05, 3.63) is 89.4 Å². The lowest BCUT2D eigenvalue weighted by atomic mass is 10.2. The van der Waals surface area contributed by atoms with Gasteiger partial charge in [-0.15, -0.1) is 11.3 Å². The van der Waals surface area contributed by atoms with Crippen molar-refractivity contribution in [3.8, 4) is 16.3 Å². The molecule has 4 aromatic rings. The summed E-state index contributed by atoms with van der Waals surface area (Å²) in [5.74, 6) is -0.522. The molecule has 1 aliphatic rings. The number of amides is 1. The summed E-state index contributed by atoms with van der Waals surface area (Å²) in [6.45, 7) is 0.447. The summed E-state index contributed by atoms with van der Waals surface area (Å²) >= 11 is 1.50. The number of hydrogen-bond acceptors (Lipinski definition) is 5. The number of nitrogens with zero attached hydrogens (tertiary/aromatic N) is 3. The minimum atomic E-state index is -3.54. The second-order valence-corrected chi connectivity index (χ2v) is 10.6. The first-order chi connectivity index (χ1) is 16.0. The Morgan fingerprint density at radius 2 is 1.82 bits per heavy atom. The minimum Gasteiger partial charge on any atom is -0.351 e. The Morgan fingerprint density at radius 3 is 2.61 bits per heavy atom. The number of nitrogens with one attached hydrogen (secondary N) is 1. The van der Waals surface area contributed by atoms with Gasteiger partial charge in [0.05, 0.1) is 27.6 Å². The number of carbonyl (C=O) groups excluding carboxylic acids is 1. The standard InChI is InChI=1S/C24H22N4O3S2/c29-24(25-13-16-33(30,31)28-14-12-18-7-4-5-10-21(18)28)20-17-27(19-8-2-1-3-9-19)26-23(20)22-11-6-15-32-22/h1-11,15,17H,12-14,16H2,(H,25,29). The smallest absolute Gasteiger partial charge is 0.255 e. The third kappa shape index (κ3) is 4.29. The quantitative estimate of drug-likeness (QED) is 0.439. The van der Waals surface area contributed by atoms with Crippen LogP contribution in [0.15, 0.2) is 78.3 Å². The number of fused-ring (bicyclic) bond motifs is 1. The lowest BCUT2D eigenvalue weighted by molar-refractivity contribution is 0.0957. The maximum absolute atomic E-state index is 13.0. The summed E-state index contributed by atoms with van der Waals surface area (Å²) in [5.41, 5.74) is 3.57. The summed E-state index contributed by atoms with van der Waals surface area (Å²) in [6.07, 6.45) is 2.38. The molecular formula is C24H22N4O3S2. The maximum Gasteiger partial charge on any atom is 0.255 e. The zero-order chi connectivity index (χ0) is 22.8. The number of carbonyl (C=O) groups is 1. The Kier molecular flexibility index (Phi) is 5.74. The summed E-state index contributed by atoms with van der Waals surface area (Å²) in [4.78, 5) is 13.9. The molecule has 33 heavy (non-hydrogen) atoms. The fourth-order valence-corrected chi connectivity index (χ4v) is 6.10. The third-order valence-electron chi connectivity index (χ3n) is 5.56. The number of benzene rings is 2. The van der Waals surface area contributed by atoms with Gasteiger partial charge in [-0.25, -0.2) is 13.1 Å². The molecule has 0 unspecified atom stereocenters. The van der Waals surface area contributed by atoms with Gasteiger partial charge >= 0.3 is 0 Å². The van der Waals surface area contributed by atoms with E-state index in [1.807, 2.05) is 72.1 Å². The van der Waals surface area contributed by atoms with Gasteiger partial charge in [-0.3, -0.25) is 9.10 Å². The molecule has 0 radical (unpaired) electrons. The Bertz CT molecular complexity index is 1380. The number of rotatable bonds is 7. The van der Waals surface area contributed by atoms with Crippen LogP contribution < -0.4 is 9.62 Å². The average molecular weight is 479 g/mol. The number of anilines is 1. The molecule has 0 bridgehead atoms. The van der Waals surface area contributed by atoms with Crippen molar-refractivity contribution in [2.75, 3.05) is 23.1 Å². The van der Waals surface area contributed by atoms with E-state index in [0.29, 0.717) is 24.2 Å². The first-order valence-corrected chi connectivity index (χ1v) is 13.1. The van der Waals surface area contributed by atoms with E-state index in [1.54, 1.807) is 10.9 Å². The van der Waals surface area contributed by atoms with Crippen LogP contribution >= 0.6 is 11.3 Å². The van der Waals surface area contributed by atoms with Crippen molar-refractivity contribution < 1.29 is 13.2 Å². The van der Waals surface area contributed by atoms with Crippen LogP contribution in [-0.4, -0.2) is 42.9 Å². The molecule has 3 heterocycles. The molecule has 2 aromatic carbocycles. The molecule has 0 aliphatic carbocycles. The predicted molar refractivity (Wildman–Crippen MR) is 130 cm³/mol. The van der Waals surface area contributed by atoms with Crippen molar-refractivity contribution in [1.29, 1.82) is 0 Å².